The predicted octanol–water partition coefficient (Wildman–Crippen LogP) is 3.69. The standard InChI is InChI=1S/C14H19BClNO2/c1-10-7-9-17-11(12(10)16)6-8-15-18-13(2,3)14(4,5)19-15/h6-9H,1-5H3/b8-6+. The molecule has 0 bridgehead atoms. The molecule has 2 heterocycles. The first-order chi connectivity index (χ1) is 8.73. The van der Waals surface area contributed by atoms with Crippen LogP contribution >= 0.6 is 11.6 Å². The Morgan fingerprint density at radius 1 is 1.21 bits per heavy atom. The minimum Gasteiger partial charge on any atom is -0.400 e. The summed E-state index contributed by atoms with van der Waals surface area (Å²) in [6.45, 7) is 10.1. The lowest BCUT2D eigenvalue weighted by molar-refractivity contribution is 0.00578. The summed E-state index contributed by atoms with van der Waals surface area (Å²) in [5.41, 5.74) is 1.08. The lowest BCUT2D eigenvalue weighted by atomic mass is 9.89. The molecular formula is C14H19BClNO2. The summed E-state index contributed by atoms with van der Waals surface area (Å²) in [5, 5.41) is 0.662. The van der Waals surface area contributed by atoms with Gasteiger partial charge in [0.25, 0.3) is 0 Å². The molecule has 19 heavy (non-hydrogen) atoms. The molecule has 1 aromatic heterocycles. The quantitative estimate of drug-likeness (QED) is 0.774. The van der Waals surface area contributed by atoms with Crippen molar-refractivity contribution in [3.63, 3.8) is 0 Å². The highest BCUT2D eigenvalue weighted by molar-refractivity contribution is 6.52. The van der Waals surface area contributed by atoms with Crippen LogP contribution in [0.15, 0.2) is 18.2 Å². The molecule has 1 aromatic rings. The number of halogens is 1. The van der Waals surface area contributed by atoms with Gasteiger partial charge in [0, 0.05) is 6.20 Å². The highest BCUT2D eigenvalue weighted by Gasteiger charge is 2.50. The lowest BCUT2D eigenvalue weighted by Gasteiger charge is -2.32. The molecule has 1 fully saturated rings. The van der Waals surface area contributed by atoms with E-state index in [1.807, 2.05) is 52.7 Å². The Kier molecular flexibility index (Phi) is 3.78. The van der Waals surface area contributed by atoms with Crippen LogP contribution in [-0.2, 0) is 9.31 Å². The molecule has 0 spiro atoms. The van der Waals surface area contributed by atoms with E-state index in [0.29, 0.717) is 5.02 Å². The van der Waals surface area contributed by atoms with Gasteiger partial charge in [0.15, 0.2) is 0 Å². The van der Waals surface area contributed by atoms with E-state index in [4.69, 9.17) is 20.9 Å². The van der Waals surface area contributed by atoms with Gasteiger partial charge in [-0.1, -0.05) is 17.6 Å². The van der Waals surface area contributed by atoms with Crippen LogP contribution in [0.5, 0.6) is 0 Å². The first-order valence-electron chi connectivity index (χ1n) is 6.38. The van der Waals surface area contributed by atoms with Crippen molar-refractivity contribution < 1.29 is 9.31 Å². The van der Waals surface area contributed by atoms with E-state index < -0.39 is 0 Å². The fraction of sp³-hybridized carbons (Fsp3) is 0.500. The van der Waals surface area contributed by atoms with Crippen molar-refractivity contribution >= 4 is 24.8 Å². The molecule has 0 unspecified atom stereocenters. The van der Waals surface area contributed by atoms with Gasteiger partial charge in [-0.05, 0) is 52.3 Å². The Morgan fingerprint density at radius 3 is 2.37 bits per heavy atom. The third-order valence-electron chi connectivity index (χ3n) is 3.79. The smallest absolute Gasteiger partial charge is 0.400 e. The average molecular weight is 280 g/mol. The third-order valence-corrected chi connectivity index (χ3v) is 4.28. The lowest BCUT2D eigenvalue weighted by Crippen LogP contribution is -2.41. The summed E-state index contributed by atoms with van der Waals surface area (Å²) in [5.74, 6) is 1.85. The van der Waals surface area contributed by atoms with Crippen LogP contribution in [0.4, 0.5) is 0 Å². The summed E-state index contributed by atoms with van der Waals surface area (Å²) in [4.78, 5) is 4.24. The van der Waals surface area contributed by atoms with E-state index in [2.05, 4.69) is 4.98 Å². The zero-order chi connectivity index (χ0) is 14.3. The molecule has 0 amide bonds. The molecule has 0 radical (unpaired) electrons. The van der Waals surface area contributed by atoms with E-state index >= 15 is 0 Å². The monoisotopic (exact) mass is 279 g/mol. The van der Waals surface area contributed by atoms with Gasteiger partial charge in [-0.15, -0.1) is 0 Å². The van der Waals surface area contributed by atoms with Gasteiger partial charge in [0.05, 0.1) is 21.9 Å². The van der Waals surface area contributed by atoms with Gasteiger partial charge in [-0.25, -0.2) is 0 Å². The number of hydrogen-bond donors (Lipinski definition) is 0. The fourth-order valence-corrected chi connectivity index (χ4v) is 1.99. The topological polar surface area (TPSA) is 31.4 Å². The molecule has 102 valence electrons. The number of rotatable bonds is 2. The second-order valence-electron chi connectivity index (χ2n) is 5.81. The van der Waals surface area contributed by atoms with Gasteiger partial charge in [-0.3, -0.25) is 4.98 Å². The Hall–Kier alpha value is -0.835. The zero-order valence-electron chi connectivity index (χ0n) is 12.0. The minimum absolute atomic E-state index is 0.328. The molecule has 3 nitrogen and oxygen atoms in total. The van der Waals surface area contributed by atoms with Crippen molar-refractivity contribution in [2.45, 2.75) is 45.8 Å². The normalized spacial score (nSPS) is 21.3. The number of nitrogens with zero attached hydrogens (tertiary/aromatic N) is 1. The van der Waals surface area contributed by atoms with E-state index in [0.717, 1.165) is 11.3 Å². The van der Waals surface area contributed by atoms with Gasteiger partial charge >= 0.3 is 7.12 Å². The Bertz CT molecular complexity index is 498. The molecule has 1 aliphatic heterocycles. The summed E-state index contributed by atoms with van der Waals surface area (Å²) < 4.78 is 11.8. The van der Waals surface area contributed by atoms with Crippen LogP contribution in [0, 0.1) is 6.92 Å². The van der Waals surface area contributed by atoms with Gasteiger partial charge < -0.3 is 9.31 Å². The number of pyridine rings is 1. The van der Waals surface area contributed by atoms with Crippen LogP contribution in [0.25, 0.3) is 6.08 Å². The summed E-state index contributed by atoms with van der Waals surface area (Å²) in [7, 11) is -0.372. The SMILES string of the molecule is Cc1ccnc(/C=C/B2OC(C)(C)C(C)(C)O2)c1Cl. The van der Waals surface area contributed by atoms with Crippen molar-refractivity contribution in [1.82, 2.24) is 4.98 Å². The van der Waals surface area contributed by atoms with E-state index in [-0.39, 0.29) is 18.3 Å². The molecule has 2 rings (SSSR count). The molecule has 1 saturated heterocycles. The first kappa shape index (κ1) is 14.6. The maximum absolute atomic E-state index is 6.20. The average Bonchev–Trinajstić information content (AvgIpc) is 2.50. The highest BCUT2D eigenvalue weighted by Crippen LogP contribution is 2.37. The number of aryl methyl sites for hydroxylation is 1. The van der Waals surface area contributed by atoms with E-state index in [1.165, 1.54) is 0 Å². The minimum atomic E-state index is -0.372. The van der Waals surface area contributed by atoms with Crippen molar-refractivity contribution in [3.8, 4) is 0 Å². The largest absolute Gasteiger partial charge is 0.487 e. The second-order valence-corrected chi connectivity index (χ2v) is 6.19. The van der Waals surface area contributed by atoms with Gasteiger partial charge in [0.1, 0.15) is 0 Å². The fourth-order valence-electron chi connectivity index (χ4n) is 1.81. The van der Waals surface area contributed by atoms with Crippen LogP contribution in [0.3, 0.4) is 0 Å². The van der Waals surface area contributed by atoms with Crippen LogP contribution in [-0.4, -0.2) is 23.3 Å². The highest BCUT2D eigenvalue weighted by atomic mass is 35.5. The van der Waals surface area contributed by atoms with Crippen LogP contribution in [0.2, 0.25) is 5.02 Å². The Morgan fingerprint density at radius 2 is 1.79 bits per heavy atom. The summed E-state index contributed by atoms with van der Waals surface area (Å²) in [6, 6.07) is 1.88. The first-order valence-corrected chi connectivity index (χ1v) is 6.76. The maximum atomic E-state index is 6.20. The van der Waals surface area contributed by atoms with Crippen molar-refractivity contribution in [2.24, 2.45) is 0 Å². The van der Waals surface area contributed by atoms with Crippen molar-refractivity contribution in [3.05, 3.63) is 34.5 Å². The summed E-state index contributed by atoms with van der Waals surface area (Å²) in [6.07, 6.45) is 3.59. The molecule has 0 saturated carbocycles. The molecule has 1 aliphatic rings. The van der Waals surface area contributed by atoms with Crippen LogP contribution in [0.1, 0.15) is 39.0 Å². The number of hydrogen-bond acceptors (Lipinski definition) is 3. The second kappa shape index (κ2) is 4.93. The number of aromatic nitrogens is 1. The third kappa shape index (κ3) is 2.86. The van der Waals surface area contributed by atoms with E-state index in [9.17, 15) is 0 Å². The van der Waals surface area contributed by atoms with Crippen molar-refractivity contribution in [2.75, 3.05) is 0 Å². The predicted molar refractivity (Wildman–Crippen MR) is 79.1 cm³/mol. The van der Waals surface area contributed by atoms with Crippen LogP contribution < -0.4 is 0 Å². The Labute approximate surface area is 120 Å². The zero-order valence-corrected chi connectivity index (χ0v) is 12.8. The summed E-state index contributed by atoms with van der Waals surface area (Å²) >= 11 is 6.20. The molecule has 0 aliphatic carbocycles. The molecule has 5 heteroatoms. The molecule has 0 aromatic carbocycles. The van der Waals surface area contributed by atoms with Gasteiger partial charge in [-0.2, -0.15) is 0 Å². The molecule has 0 N–H and O–H groups in total. The van der Waals surface area contributed by atoms with Gasteiger partial charge in [0.2, 0.25) is 0 Å². The van der Waals surface area contributed by atoms with E-state index in [1.54, 1.807) is 6.20 Å². The Balaban J connectivity index is 2.15. The molecular weight excluding hydrogens is 260 g/mol. The molecule has 0 atom stereocenters. The maximum Gasteiger partial charge on any atom is 0.487 e. The van der Waals surface area contributed by atoms with Crippen molar-refractivity contribution in [1.29, 1.82) is 0 Å².